The van der Waals surface area contributed by atoms with Crippen molar-refractivity contribution in [3.63, 3.8) is 0 Å². The molecule has 3 rings (SSSR count). The molecule has 0 radical (unpaired) electrons. The van der Waals surface area contributed by atoms with E-state index in [9.17, 15) is 19.5 Å². The third-order valence-electron chi connectivity index (χ3n) is 7.26. The molecule has 1 aliphatic rings. The molecule has 1 fully saturated rings. The van der Waals surface area contributed by atoms with E-state index < -0.39 is 41.3 Å². The monoisotopic (exact) mass is 528 g/mol. The summed E-state index contributed by atoms with van der Waals surface area (Å²) in [4.78, 5) is 36.8. The Morgan fingerprint density at radius 3 is 2.66 bits per heavy atom. The molecule has 0 aliphatic carbocycles. The molecule has 2 aromatic carbocycles. The fraction of sp³-hybridized carbons (Fsp3) is 0.464. The number of carboxylic acid groups (broad SMARTS) is 1. The van der Waals surface area contributed by atoms with E-state index in [1.165, 1.54) is 11.0 Å². The van der Waals surface area contributed by atoms with Gasteiger partial charge < -0.3 is 31.9 Å². The van der Waals surface area contributed by atoms with Gasteiger partial charge in [0.15, 0.2) is 0 Å². The highest BCUT2D eigenvalue weighted by Crippen LogP contribution is 2.44. The summed E-state index contributed by atoms with van der Waals surface area (Å²) < 4.78 is 15.5. The van der Waals surface area contributed by atoms with Crippen LogP contribution in [0.5, 0.6) is 0 Å². The van der Waals surface area contributed by atoms with E-state index in [0.717, 1.165) is 12.0 Å². The van der Waals surface area contributed by atoms with Crippen molar-refractivity contribution in [1.29, 1.82) is 0 Å². The Labute approximate surface area is 222 Å². The van der Waals surface area contributed by atoms with Gasteiger partial charge in [-0.15, -0.1) is 0 Å². The molecule has 1 saturated heterocycles. The highest BCUT2D eigenvalue weighted by atomic mass is 19.1. The molecule has 206 valence electrons. The van der Waals surface area contributed by atoms with E-state index in [4.69, 9.17) is 16.6 Å². The number of halogens is 1. The van der Waals surface area contributed by atoms with Crippen LogP contribution in [0.15, 0.2) is 42.5 Å². The van der Waals surface area contributed by atoms with Crippen LogP contribution >= 0.6 is 0 Å². The molecule has 10 heteroatoms. The Hall–Kier alpha value is -3.50. The first-order valence-corrected chi connectivity index (χ1v) is 13.0. The predicted octanol–water partition coefficient (Wildman–Crippen LogP) is 2.73. The lowest BCUT2D eigenvalue weighted by molar-refractivity contribution is -0.139. The number of hydrogen-bond donors (Lipinski definition) is 5. The Morgan fingerprint density at radius 2 is 1.97 bits per heavy atom. The van der Waals surface area contributed by atoms with Crippen molar-refractivity contribution in [3.05, 3.63) is 59.4 Å². The number of likely N-dealkylation sites (tertiary alicyclic amines) is 1. The molecule has 7 N–H and O–H groups in total. The van der Waals surface area contributed by atoms with Crippen molar-refractivity contribution >= 4 is 17.9 Å². The standard InChI is InChI=1S/C28H37FN4O5/c1-2-18-7-3-8-19(15-18)25-21(10-4-11-22(25)29)28(38,12-6-13-32-27(36)37)20-9-5-14-33(17-20)26(35)23(30)16-24(31)34/h3-4,7-8,10-11,15,20,23,32,38H,2,5-6,9,12-14,16-17,30H2,1H3,(H2,31,34)(H,36,37)/t20-,23+,28+/m1/s1. The smallest absolute Gasteiger partial charge is 0.404 e. The van der Waals surface area contributed by atoms with Crippen LogP contribution in [-0.4, -0.2) is 58.7 Å². The van der Waals surface area contributed by atoms with E-state index >= 15 is 4.39 Å². The van der Waals surface area contributed by atoms with E-state index in [2.05, 4.69) is 5.32 Å². The zero-order chi connectivity index (χ0) is 27.9. The van der Waals surface area contributed by atoms with E-state index in [1.807, 2.05) is 25.1 Å². The molecule has 1 aliphatic heterocycles. The number of aryl methyl sites for hydroxylation is 1. The lowest BCUT2D eigenvalue weighted by Crippen LogP contribution is -2.53. The summed E-state index contributed by atoms with van der Waals surface area (Å²) in [7, 11) is 0. The Kier molecular flexibility index (Phi) is 9.82. The Morgan fingerprint density at radius 1 is 1.24 bits per heavy atom. The minimum atomic E-state index is -1.58. The molecule has 0 saturated carbocycles. The van der Waals surface area contributed by atoms with Crippen molar-refractivity contribution in [3.8, 4) is 11.1 Å². The summed E-state index contributed by atoms with van der Waals surface area (Å²) in [5.74, 6) is -2.08. The summed E-state index contributed by atoms with van der Waals surface area (Å²) >= 11 is 0. The number of nitrogens with zero attached hydrogens (tertiary/aromatic N) is 1. The molecule has 3 atom stereocenters. The molecule has 1 heterocycles. The van der Waals surface area contributed by atoms with Crippen LogP contribution in [-0.2, 0) is 21.6 Å². The molecule has 0 unspecified atom stereocenters. The van der Waals surface area contributed by atoms with Gasteiger partial charge in [0, 0.05) is 31.1 Å². The average molecular weight is 529 g/mol. The van der Waals surface area contributed by atoms with Gasteiger partial charge in [-0.3, -0.25) is 9.59 Å². The van der Waals surface area contributed by atoms with Crippen LogP contribution in [0, 0.1) is 11.7 Å². The van der Waals surface area contributed by atoms with Gasteiger partial charge in [0.05, 0.1) is 18.1 Å². The molecule has 38 heavy (non-hydrogen) atoms. The number of nitrogens with two attached hydrogens (primary N) is 2. The largest absolute Gasteiger partial charge is 0.465 e. The van der Waals surface area contributed by atoms with Crippen LogP contribution in [0.25, 0.3) is 11.1 Å². The van der Waals surface area contributed by atoms with Gasteiger partial charge in [-0.05, 0) is 54.9 Å². The third kappa shape index (κ3) is 6.87. The van der Waals surface area contributed by atoms with Crippen molar-refractivity contribution in [2.75, 3.05) is 19.6 Å². The number of nitrogens with one attached hydrogen (secondary N) is 1. The summed E-state index contributed by atoms with van der Waals surface area (Å²) in [5, 5.41) is 23.7. The summed E-state index contributed by atoms with van der Waals surface area (Å²) in [6.45, 7) is 2.67. The number of hydrogen-bond acceptors (Lipinski definition) is 5. The highest BCUT2D eigenvalue weighted by Gasteiger charge is 2.43. The minimum Gasteiger partial charge on any atom is -0.465 e. The van der Waals surface area contributed by atoms with E-state index in [1.54, 1.807) is 18.2 Å². The molecule has 9 nitrogen and oxygen atoms in total. The summed E-state index contributed by atoms with van der Waals surface area (Å²) in [6, 6.07) is 11.0. The highest BCUT2D eigenvalue weighted by molar-refractivity contribution is 5.87. The van der Waals surface area contributed by atoms with Crippen LogP contribution in [0.3, 0.4) is 0 Å². The first kappa shape index (κ1) is 29.1. The fourth-order valence-corrected chi connectivity index (χ4v) is 5.34. The first-order valence-electron chi connectivity index (χ1n) is 13.0. The number of carbonyl (C=O) groups is 3. The third-order valence-corrected chi connectivity index (χ3v) is 7.26. The van der Waals surface area contributed by atoms with Crippen molar-refractivity contribution in [2.24, 2.45) is 17.4 Å². The molecular weight excluding hydrogens is 491 g/mol. The molecule has 2 aromatic rings. The predicted molar refractivity (Wildman–Crippen MR) is 141 cm³/mol. The lowest BCUT2D eigenvalue weighted by Gasteiger charge is -2.44. The second-order valence-electron chi connectivity index (χ2n) is 9.88. The van der Waals surface area contributed by atoms with Crippen LogP contribution in [0.1, 0.15) is 50.2 Å². The van der Waals surface area contributed by atoms with E-state index in [-0.39, 0.29) is 31.5 Å². The van der Waals surface area contributed by atoms with Crippen LogP contribution < -0.4 is 16.8 Å². The topological polar surface area (TPSA) is 159 Å². The van der Waals surface area contributed by atoms with Crippen molar-refractivity contribution in [1.82, 2.24) is 10.2 Å². The fourth-order valence-electron chi connectivity index (χ4n) is 5.34. The number of carbonyl (C=O) groups excluding carboxylic acids is 2. The maximum Gasteiger partial charge on any atom is 0.404 e. The maximum absolute atomic E-state index is 15.5. The number of primary amides is 1. The Balaban J connectivity index is 2.03. The number of piperidine rings is 1. The molecule has 0 spiro atoms. The van der Waals surface area contributed by atoms with Crippen molar-refractivity contribution in [2.45, 2.75) is 57.1 Å². The zero-order valence-corrected chi connectivity index (χ0v) is 21.7. The number of benzene rings is 2. The lowest BCUT2D eigenvalue weighted by atomic mass is 9.72. The molecule has 0 aromatic heterocycles. The second kappa shape index (κ2) is 12.8. The van der Waals surface area contributed by atoms with Crippen LogP contribution in [0.2, 0.25) is 0 Å². The van der Waals surface area contributed by atoms with Gasteiger partial charge in [-0.1, -0.05) is 43.3 Å². The normalized spacial score (nSPS) is 17.9. The second-order valence-corrected chi connectivity index (χ2v) is 9.88. The summed E-state index contributed by atoms with van der Waals surface area (Å²) in [6.07, 6.45) is 0.861. The quantitative estimate of drug-likeness (QED) is 0.282. The maximum atomic E-state index is 15.5. The average Bonchev–Trinajstić information content (AvgIpc) is 2.90. The van der Waals surface area contributed by atoms with Gasteiger partial charge in [-0.25, -0.2) is 9.18 Å². The van der Waals surface area contributed by atoms with Crippen LogP contribution in [0.4, 0.5) is 9.18 Å². The van der Waals surface area contributed by atoms with Crippen molar-refractivity contribution < 1.29 is 29.0 Å². The van der Waals surface area contributed by atoms with Gasteiger partial charge in [0.25, 0.3) is 0 Å². The van der Waals surface area contributed by atoms with Gasteiger partial charge in [0.2, 0.25) is 11.8 Å². The van der Waals surface area contributed by atoms with Gasteiger partial charge in [-0.2, -0.15) is 0 Å². The molecular formula is C28H37FN4O5. The Bertz CT molecular complexity index is 1160. The SMILES string of the molecule is CCc1cccc(-c2c(F)cccc2[C@](O)(CCCNC(=O)O)[C@@H]2CCCN(C(=O)[C@@H](N)CC(N)=O)C2)c1. The number of amides is 3. The molecule has 0 bridgehead atoms. The van der Waals surface area contributed by atoms with E-state index in [0.29, 0.717) is 36.9 Å². The summed E-state index contributed by atoms with van der Waals surface area (Å²) in [5.41, 5.74) is 11.9. The van der Waals surface area contributed by atoms with Gasteiger partial charge >= 0.3 is 6.09 Å². The minimum absolute atomic E-state index is 0.104. The number of aliphatic hydroxyl groups is 1. The zero-order valence-electron chi connectivity index (χ0n) is 21.7. The van der Waals surface area contributed by atoms with Gasteiger partial charge in [0.1, 0.15) is 5.82 Å². The first-order chi connectivity index (χ1) is 18.1. The molecule has 3 amide bonds. The number of rotatable bonds is 11.